The van der Waals surface area contributed by atoms with Crippen molar-refractivity contribution in [1.29, 1.82) is 0 Å². The van der Waals surface area contributed by atoms with Crippen LogP contribution in [0.15, 0.2) is 42.5 Å². The molecule has 0 unspecified atom stereocenters. The highest BCUT2D eigenvalue weighted by molar-refractivity contribution is 6.09. The molecule has 0 spiro atoms. The number of carbonyl (C=O) groups is 1. The highest BCUT2D eigenvalue weighted by atomic mass is 16.5. The molecule has 0 fully saturated rings. The number of rotatable bonds is 9. The van der Waals surface area contributed by atoms with Gasteiger partial charge >= 0.3 is 5.97 Å². The van der Waals surface area contributed by atoms with Gasteiger partial charge in [0, 0.05) is 6.07 Å². The third kappa shape index (κ3) is 4.28. The Morgan fingerprint density at radius 3 is 2.39 bits per heavy atom. The molecule has 2 N–H and O–H groups in total. The summed E-state index contributed by atoms with van der Waals surface area (Å²) in [6.45, 7) is 2.47. The minimum absolute atomic E-state index is 0.214. The lowest BCUT2D eigenvalue weighted by Gasteiger charge is -2.12. The van der Waals surface area contributed by atoms with Gasteiger partial charge in [-0.25, -0.2) is 14.8 Å². The Balaban J connectivity index is 1.85. The van der Waals surface area contributed by atoms with Gasteiger partial charge in [0.05, 0.1) is 37.5 Å². The fraction of sp³-hybridized carbons (Fsp3) is 0.320. The van der Waals surface area contributed by atoms with E-state index in [-0.39, 0.29) is 11.4 Å². The molecular formula is C25H28N4O4. The van der Waals surface area contributed by atoms with Crippen LogP contribution < -0.4 is 15.2 Å². The van der Waals surface area contributed by atoms with Gasteiger partial charge < -0.3 is 19.9 Å². The molecule has 0 atom stereocenters. The van der Waals surface area contributed by atoms with Gasteiger partial charge in [0.25, 0.3) is 0 Å². The average molecular weight is 449 g/mol. The van der Waals surface area contributed by atoms with Crippen LogP contribution in [0.5, 0.6) is 11.5 Å². The fourth-order valence-electron chi connectivity index (χ4n) is 3.85. The van der Waals surface area contributed by atoms with Gasteiger partial charge in [0.1, 0.15) is 16.9 Å². The number of methoxy groups -OCH3 is 2. The summed E-state index contributed by atoms with van der Waals surface area (Å²) in [6.07, 6.45) is 4.04. The van der Waals surface area contributed by atoms with Crippen molar-refractivity contribution in [1.82, 2.24) is 14.5 Å². The Bertz CT molecular complexity index is 1300. The number of nitrogen functional groups attached to an aromatic ring is 1. The predicted octanol–water partition coefficient (Wildman–Crippen LogP) is 4.91. The van der Waals surface area contributed by atoms with E-state index in [1.807, 2.05) is 30.3 Å². The summed E-state index contributed by atoms with van der Waals surface area (Å²) in [6, 6.07) is 12.9. The Morgan fingerprint density at radius 2 is 1.70 bits per heavy atom. The molecule has 8 heteroatoms. The first-order valence-electron chi connectivity index (χ1n) is 11.0. The van der Waals surface area contributed by atoms with E-state index >= 15 is 0 Å². The zero-order valence-corrected chi connectivity index (χ0v) is 19.1. The molecule has 4 aromatic rings. The number of esters is 1. The molecule has 33 heavy (non-hydrogen) atoms. The van der Waals surface area contributed by atoms with Crippen LogP contribution in [-0.4, -0.2) is 41.3 Å². The van der Waals surface area contributed by atoms with Crippen LogP contribution in [0.1, 0.15) is 43.0 Å². The van der Waals surface area contributed by atoms with Gasteiger partial charge in [-0.2, -0.15) is 0 Å². The first kappa shape index (κ1) is 22.4. The van der Waals surface area contributed by atoms with E-state index in [0.717, 1.165) is 25.7 Å². The van der Waals surface area contributed by atoms with E-state index in [1.54, 1.807) is 30.9 Å². The number of hydrogen-bond donors (Lipinski definition) is 1. The number of unbranched alkanes of at least 4 members (excludes halogenated alkanes) is 3. The van der Waals surface area contributed by atoms with Crippen molar-refractivity contribution in [3.8, 4) is 17.2 Å². The van der Waals surface area contributed by atoms with Crippen molar-refractivity contribution in [3.63, 3.8) is 0 Å². The third-order valence-corrected chi connectivity index (χ3v) is 5.56. The number of aromatic nitrogens is 3. The van der Waals surface area contributed by atoms with Crippen molar-refractivity contribution < 1.29 is 19.0 Å². The summed E-state index contributed by atoms with van der Waals surface area (Å²) in [5.41, 5.74) is 9.66. The second-order valence-electron chi connectivity index (χ2n) is 7.72. The minimum Gasteiger partial charge on any atom is -0.493 e. The van der Waals surface area contributed by atoms with Gasteiger partial charge in [-0.05, 0) is 30.7 Å². The van der Waals surface area contributed by atoms with Gasteiger partial charge in [0.2, 0.25) is 0 Å². The summed E-state index contributed by atoms with van der Waals surface area (Å²) < 4.78 is 18.1. The van der Waals surface area contributed by atoms with Crippen LogP contribution >= 0.6 is 0 Å². The molecule has 8 nitrogen and oxygen atoms in total. The van der Waals surface area contributed by atoms with Crippen molar-refractivity contribution in [2.75, 3.05) is 26.6 Å². The van der Waals surface area contributed by atoms with Crippen LogP contribution in [0.3, 0.4) is 0 Å². The molecule has 0 saturated carbocycles. The molecular weight excluding hydrogens is 420 g/mol. The molecule has 0 aliphatic rings. The molecule has 2 heterocycles. The molecule has 2 aromatic carbocycles. The molecule has 2 aromatic heterocycles. The molecule has 0 aliphatic carbocycles. The monoisotopic (exact) mass is 448 g/mol. The summed E-state index contributed by atoms with van der Waals surface area (Å²) in [5.74, 6) is 0.827. The lowest BCUT2D eigenvalue weighted by Crippen LogP contribution is -2.10. The van der Waals surface area contributed by atoms with Gasteiger partial charge in [0.15, 0.2) is 17.1 Å². The lowest BCUT2D eigenvalue weighted by atomic mass is 10.2. The summed E-state index contributed by atoms with van der Waals surface area (Å²) in [7, 11) is 3.14. The number of nitrogens with two attached hydrogens (primary N) is 1. The van der Waals surface area contributed by atoms with Crippen molar-refractivity contribution >= 4 is 34.0 Å². The maximum Gasteiger partial charge on any atom is 0.344 e. The van der Waals surface area contributed by atoms with E-state index in [4.69, 9.17) is 29.9 Å². The number of benzene rings is 2. The number of carbonyl (C=O) groups excluding carboxylic acids is 1. The highest BCUT2D eigenvalue weighted by Crippen LogP contribution is 2.35. The highest BCUT2D eigenvalue weighted by Gasteiger charge is 2.26. The Labute approximate surface area is 192 Å². The van der Waals surface area contributed by atoms with Crippen LogP contribution in [0.25, 0.3) is 27.9 Å². The van der Waals surface area contributed by atoms with Crippen LogP contribution in [-0.2, 0) is 4.74 Å². The molecule has 0 radical (unpaired) electrons. The van der Waals surface area contributed by atoms with E-state index in [0.29, 0.717) is 46.0 Å². The molecule has 0 amide bonds. The molecule has 172 valence electrons. The lowest BCUT2D eigenvalue weighted by molar-refractivity contribution is 0.0501. The van der Waals surface area contributed by atoms with Gasteiger partial charge in [-0.15, -0.1) is 0 Å². The minimum atomic E-state index is -0.502. The van der Waals surface area contributed by atoms with Crippen molar-refractivity contribution in [3.05, 3.63) is 48.0 Å². The molecule has 0 bridgehead atoms. The van der Waals surface area contributed by atoms with Crippen LogP contribution in [0.4, 0.5) is 5.82 Å². The summed E-state index contributed by atoms with van der Waals surface area (Å²) >= 11 is 0. The quantitative estimate of drug-likeness (QED) is 0.287. The van der Waals surface area contributed by atoms with E-state index in [2.05, 4.69) is 6.92 Å². The van der Waals surface area contributed by atoms with Crippen molar-refractivity contribution in [2.45, 2.75) is 32.6 Å². The second-order valence-corrected chi connectivity index (χ2v) is 7.72. The molecule has 4 rings (SSSR count). The first-order chi connectivity index (χ1) is 16.1. The average Bonchev–Trinajstić information content (AvgIpc) is 3.12. The maximum atomic E-state index is 13.1. The first-order valence-corrected chi connectivity index (χ1v) is 11.0. The topological polar surface area (TPSA) is 101 Å². The number of hydrogen-bond acceptors (Lipinski definition) is 7. The maximum absolute atomic E-state index is 13.1. The number of nitrogens with zero attached hydrogens (tertiary/aromatic N) is 3. The zero-order chi connectivity index (χ0) is 23.4. The Kier molecular flexibility index (Phi) is 6.63. The van der Waals surface area contributed by atoms with Crippen molar-refractivity contribution in [2.24, 2.45) is 0 Å². The Morgan fingerprint density at radius 1 is 0.970 bits per heavy atom. The summed E-state index contributed by atoms with van der Waals surface area (Å²) in [5, 5.41) is 0. The zero-order valence-electron chi connectivity index (χ0n) is 19.1. The van der Waals surface area contributed by atoms with E-state index in [9.17, 15) is 4.79 Å². The number of ether oxygens (including phenoxy) is 3. The second kappa shape index (κ2) is 9.77. The largest absolute Gasteiger partial charge is 0.493 e. The SMILES string of the molecule is CCCCCCOC(=O)c1c(N)n(-c2ccc(OC)c(OC)c2)c2nc3ccccc3nc12. The van der Waals surface area contributed by atoms with E-state index < -0.39 is 5.97 Å². The standard InChI is InChI=1S/C25H28N4O4/c1-4-5-6-9-14-33-25(30)21-22-24(28-18-11-8-7-10-17(18)27-22)29(23(21)26)16-12-13-19(31-2)20(15-16)32-3/h7-8,10-13,15H,4-6,9,14,26H2,1-3H3. The molecule has 0 saturated heterocycles. The number of fused-ring (bicyclic) bond motifs is 2. The summed E-state index contributed by atoms with van der Waals surface area (Å²) in [4.78, 5) is 22.6. The Hall–Kier alpha value is -3.81. The number of anilines is 1. The third-order valence-electron chi connectivity index (χ3n) is 5.56. The van der Waals surface area contributed by atoms with Crippen LogP contribution in [0, 0.1) is 0 Å². The normalized spacial score (nSPS) is 11.1. The van der Waals surface area contributed by atoms with Gasteiger partial charge in [-0.1, -0.05) is 38.3 Å². The fourth-order valence-corrected chi connectivity index (χ4v) is 3.85. The van der Waals surface area contributed by atoms with E-state index in [1.165, 1.54) is 0 Å². The number of para-hydroxylation sites is 2. The smallest absolute Gasteiger partial charge is 0.344 e. The predicted molar refractivity (Wildman–Crippen MR) is 128 cm³/mol. The molecule has 0 aliphatic heterocycles. The van der Waals surface area contributed by atoms with Crippen LogP contribution in [0.2, 0.25) is 0 Å². The van der Waals surface area contributed by atoms with Gasteiger partial charge in [-0.3, -0.25) is 4.57 Å².